The molecular formula is C10H21N3O2S. The number of hydrogen-bond acceptors (Lipinski definition) is 3. The molecule has 0 radical (unpaired) electrons. The van der Waals surface area contributed by atoms with Crippen molar-refractivity contribution in [3.05, 3.63) is 0 Å². The van der Waals surface area contributed by atoms with Crippen molar-refractivity contribution in [1.29, 1.82) is 0 Å². The van der Waals surface area contributed by atoms with E-state index >= 15 is 0 Å². The summed E-state index contributed by atoms with van der Waals surface area (Å²) >= 11 is 0. The fraction of sp³-hybridized carbons (Fsp3) is 1.00. The van der Waals surface area contributed by atoms with Gasteiger partial charge in [0.25, 0.3) is 10.2 Å². The highest BCUT2D eigenvalue weighted by molar-refractivity contribution is 7.87. The first kappa shape index (κ1) is 12.3. The topological polar surface area (TPSA) is 75.4 Å². The number of nitrogens with two attached hydrogens (primary N) is 1. The van der Waals surface area contributed by atoms with Crippen LogP contribution in [0.2, 0.25) is 0 Å². The third-order valence-electron chi connectivity index (χ3n) is 3.35. The van der Waals surface area contributed by atoms with E-state index in [-0.39, 0.29) is 5.54 Å². The molecule has 0 spiro atoms. The SMILES string of the molecule is CC(C)CNS(=O)(=O)N1CC(N)(C2CC2)C1. The summed E-state index contributed by atoms with van der Waals surface area (Å²) in [5, 5.41) is 0. The Labute approximate surface area is 97.6 Å². The number of nitrogens with one attached hydrogen (secondary N) is 1. The summed E-state index contributed by atoms with van der Waals surface area (Å²) in [7, 11) is -3.29. The van der Waals surface area contributed by atoms with Crippen LogP contribution in [-0.4, -0.2) is 37.9 Å². The lowest BCUT2D eigenvalue weighted by molar-refractivity contribution is 0.133. The predicted octanol–water partition coefficient (Wildman–Crippen LogP) is -0.100. The highest BCUT2D eigenvalue weighted by Gasteiger charge is 2.53. The molecule has 94 valence electrons. The van der Waals surface area contributed by atoms with Crippen molar-refractivity contribution in [2.45, 2.75) is 32.2 Å². The van der Waals surface area contributed by atoms with Crippen molar-refractivity contribution in [2.75, 3.05) is 19.6 Å². The van der Waals surface area contributed by atoms with Crippen LogP contribution in [0, 0.1) is 11.8 Å². The maximum Gasteiger partial charge on any atom is 0.279 e. The predicted molar refractivity (Wildman–Crippen MR) is 63.0 cm³/mol. The quantitative estimate of drug-likeness (QED) is 0.712. The van der Waals surface area contributed by atoms with Gasteiger partial charge in [0.15, 0.2) is 0 Å². The number of rotatable bonds is 5. The average molecular weight is 247 g/mol. The summed E-state index contributed by atoms with van der Waals surface area (Å²) in [5.74, 6) is 0.867. The molecule has 2 fully saturated rings. The lowest BCUT2D eigenvalue weighted by Crippen LogP contribution is -2.71. The van der Waals surface area contributed by atoms with Gasteiger partial charge < -0.3 is 5.73 Å². The lowest BCUT2D eigenvalue weighted by Gasteiger charge is -2.46. The Morgan fingerprint density at radius 3 is 2.44 bits per heavy atom. The molecule has 1 heterocycles. The van der Waals surface area contributed by atoms with E-state index in [1.807, 2.05) is 13.8 Å². The molecule has 0 aromatic carbocycles. The van der Waals surface area contributed by atoms with E-state index in [4.69, 9.17) is 5.73 Å². The minimum absolute atomic E-state index is 0.243. The van der Waals surface area contributed by atoms with Crippen molar-refractivity contribution >= 4 is 10.2 Å². The second-order valence-electron chi connectivity index (χ2n) is 5.52. The number of nitrogens with zero attached hydrogens (tertiary/aromatic N) is 1. The van der Waals surface area contributed by atoms with E-state index in [0.717, 1.165) is 12.8 Å². The first-order chi connectivity index (χ1) is 7.33. The normalized spacial score (nSPS) is 25.8. The molecule has 16 heavy (non-hydrogen) atoms. The smallest absolute Gasteiger partial charge is 0.279 e. The van der Waals surface area contributed by atoms with Crippen LogP contribution in [0.5, 0.6) is 0 Å². The molecule has 3 N–H and O–H groups in total. The molecule has 0 aromatic heterocycles. The Morgan fingerprint density at radius 2 is 2.00 bits per heavy atom. The highest BCUT2D eigenvalue weighted by atomic mass is 32.2. The van der Waals surface area contributed by atoms with E-state index < -0.39 is 10.2 Å². The summed E-state index contributed by atoms with van der Waals surface area (Å²) in [4.78, 5) is 0. The van der Waals surface area contributed by atoms with E-state index in [2.05, 4.69) is 4.72 Å². The van der Waals surface area contributed by atoms with Crippen LogP contribution in [0.1, 0.15) is 26.7 Å². The maximum atomic E-state index is 11.8. The molecule has 1 aliphatic carbocycles. The van der Waals surface area contributed by atoms with Gasteiger partial charge in [-0.05, 0) is 24.7 Å². The molecule has 1 aliphatic heterocycles. The molecule has 6 heteroatoms. The van der Waals surface area contributed by atoms with Gasteiger partial charge in [-0.3, -0.25) is 0 Å². The molecular weight excluding hydrogens is 226 g/mol. The van der Waals surface area contributed by atoms with E-state index in [1.165, 1.54) is 4.31 Å². The Hall–Kier alpha value is -0.170. The van der Waals surface area contributed by atoms with Crippen LogP contribution >= 0.6 is 0 Å². The third kappa shape index (κ3) is 2.40. The molecule has 1 saturated carbocycles. The van der Waals surface area contributed by atoms with E-state index in [9.17, 15) is 8.42 Å². The Balaban J connectivity index is 1.85. The van der Waals surface area contributed by atoms with Crippen LogP contribution in [0.4, 0.5) is 0 Å². The Bertz CT molecular complexity index is 356. The van der Waals surface area contributed by atoms with Gasteiger partial charge in [0, 0.05) is 25.2 Å². The zero-order valence-electron chi connectivity index (χ0n) is 9.94. The van der Waals surface area contributed by atoms with Gasteiger partial charge in [-0.2, -0.15) is 12.7 Å². The van der Waals surface area contributed by atoms with E-state index in [1.54, 1.807) is 0 Å². The first-order valence-electron chi connectivity index (χ1n) is 5.87. The third-order valence-corrected chi connectivity index (χ3v) is 4.82. The summed E-state index contributed by atoms with van der Waals surface area (Å²) in [6.07, 6.45) is 2.31. The first-order valence-corrected chi connectivity index (χ1v) is 7.31. The minimum atomic E-state index is -3.29. The van der Waals surface area contributed by atoms with Crippen molar-refractivity contribution < 1.29 is 8.42 Å². The molecule has 2 aliphatic rings. The molecule has 0 aromatic rings. The summed E-state index contributed by atoms with van der Waals surface area (Å²) in [6.45, 7) is 5.40. The minimum Gasteiger partial charge on any atom is -0.323 e. The van der Waals surface area contributed by atoms with Crippen molar-refractivity contribution in [3.8, 4) is 0 Å². The highest BCUT2D eigenvalue weighted by Crippen LogP contribution is 2.43. The Kier molecular flexibility index (Phi) is 3.03. The van der Waals surface area contributed by atoms with Crippen LogP contribution < -0.4 is 10.5 Å². The fourth-order valence-corrected chi connectivity index (χ4v) is 3.61. The molecule has 0 atom stereocenters. The number of hydrogen-bond donors (Lipinski definition) is 2. The molecule has 0 unspecified atom stereocenters. The summed E-state index contributed by atoms with van der Waals surface area (Å²) in [5.41, 5.74) is 5.87. The summed E-state index contributed by atoms with van der Waals surface area (Å²) in [6, 6.07) is 0. The van der Waals surface area contributed by atoms with Crippen LogP contribution in [0.25, 0.3) is 0 Å². The van der Waals surface area contributed by atoms with Gasteiger partial charge in [0.05, 0.1) is 0 Å². The summed E-state index contributed by atoms with van der Waals surface area (Å²) < 4.78 is 27.7. The lowest BCUT2D eigenvalue weighted by atomic mass is 9.88. The molecule has 1 saturated heterocycles. The zero-order chi connectivity index (χ0) is 12.0. The zero-order valence-corrected chi connectivity index (χ0v) is 10.8. The molecule has 0 amide bonds. The fourth-order valence-electron chi connectivity index (χ4n) is 2.06. The Morgan fingerprint density at radius 1 is 1.44 bits per heavy atom. The standard InChI is InChI=1S/C10H21N3O2S/c1-8(2)5-12-16(14,15)13-6-10(11,7-13)9-3-4-9/h8-9,12H,3-7,11H2,1-2H3. The van der Waals surface area contributed by atoms with E-state index in [0.29, 0.717) is 31.5 Å². The van der Waals surface area contributed by atoms with Crippen molar-refractivity contribution in [1.82, 2.24) is 9.03 Å². The van der Waals surface area contributed by atoms with Gasteiger partial charge in [-0.15, -0.1) is 0 Å². The van der Waals surface area contributed by atoms with Crippen molar-refractivity contribution in [3.63, 3.8) is 0 Å². The molecule has 2 rings (SSSR count). The van der Waals surface area contributed by atoms with Gasteiger partial charge in [0.2, 0.25) is 0 Å². The molecule has 5 nitrogen and oxygen atoms in total. The second-order valence-corrected chi connectivity index (χ2v) is 7.28. The van der Waals surface area contributed by atoms with Crippen molar-refractivity contribution in [2.24, 2.45) is 17.6 Å². The monoisotopic (exact) mass is 247 g/mol. The van der Waals surface area contributed by atoms with Gasteiger partial charge >= 0.3 is 0 Å². The maximum absolute atomic E-state index is 11.8. The van der Waals surface area contributed by atoms with Gasteiger partial charge in [-0.25, -0.2) is 4.72 Å². The van der Waals surface area contributed by atoms with Crippen LogP contribution in [0.15, 0.2) is 0 Å². The second kappa shape index (κ2) is 3.94. The van der Waals surface area contributed by atoms with Gasteiger partial charge in [0.1, 0.15) is 0 Å². The average Bonchev–Trinajstić information content (AvgIpc) is 2.93. The van der Waals surface area contributed by atoms with Crippen LogP contribution in [-0.2, 0) is 10.2 Å². The molecule has 0 bridgehead atoms. The van der Waals surface area contributed by atoms with Gasteiger partial charge in [-0.1, -0.05) is 13.8 Å². The largest absolute Gasteiger partial charge is 0.323 e. The van der Waals surface area contributed by atoms with Crippen LogP contribution in [0.3, 0.4) is 0 Å².